The second kappa shape index (κ2) is 3.69. The summed E-state index contributed by atoms with van der Waals surface area (Å²) < 4.78 is 0. The number of aromatic hydroxyl groups is 1. The Labute approximate surface area is 88.1 Å². The Kier molecular flexibility index (Phi) is 2.82. The molecule has 0 fully saturated rings. The Morgan fingerprint density at radius 3 is 2.77 bits per heavy atom. The van der Waals surface area contributed by atoms with E-state index in [1.807, 2.05) is 18.2 Å². The Hall–Kier alpha value is -1.17. The van der Waals surface area contributed by atoms with Crippen LogP contribution in [0.3, 0.4) is 0 Å². The minimum absolute atomic E-state index is 0. The van der Waals surface area contributed by atoms with E-state index in [4.69, 9.17) is 5.11 Å². The van der Waals surface area contributed by atoms with E-state index < -0.39 is 5.56 Å². The van der Waals surface area contributed by atoms with Crippen LogP contribution in [0.2, 0.25) is 0 Å². The summed E-state index contributed by atoms with van der Waals surface area (Å²) in [5.74, 6) is -0.242. The maximum absolute atomic E-state index is 10.9. The molecule has 62 valence electrons. The Balaban J connectivity index is 0.000000845. The maximum Gasteiger partial charge on any atom is 1.00 e. The minimum atomic E-state index is -0.450. The van der Waals surface area contributed by atoms with Gasteiger partial charge in [-0.3, -0.25) is 4.79 Å². The molecule has 0 aliphatic carbocycles. The summed E-state index contributed by atoms with van der Waals surface area (Å²) in [7, 11) is 0. The molecule has 0 saturated carbocycles. The van der Waals surface area contributed by atoms with Crippen LogP contribution in [0.25, 0.3) is 10.9 Å². The van der Waals surface area contributed by atoms with Crippen molar-refractivity contribution in [2.45, 2.75) is 0 Å². The van der Waals surface area contributed by atoms with Gasteiger partial charge in [-0.25, -0.2) is 0 Å². The van der Waals surface area contributed by atoms with Gasteiger partial charge in [-0.05, 0) is 12.1 Å². The number of para-hydroxylation sites is 1. The van der Waals surface area contributed by atoms with Crippen molar-refractivity contribution >= 4 is 10.9 Å². The molecule has 13 heavy (non-hydrogen) atoms. The molecule has 0 radical (unpaired) electrons. The van der Waals surface area contributed by atoms with E-state index in [0.29, 0.717) is 0 Å². The van der Waals surface area contributed by atoms with Crippen molar-refractivity contribution in [3.63, 3.8) is 0 Å². The summed E-state index contributed by atoms with van der Waals surface area (Å²) >= 11 is 0. The molecule has 4 heteroatoms. The number of nitrogens with one attached hydrogen (secondary N) is 1. The summed E-state index contributed by atoms with van der Waals surface area (Å²) in [6.07, 6.45) is 0. The number of fused-ring (bicyclic) bond motifs is 1. The van der Waals surface area contributed by atoms with Crippen molar-refractivity contribution in [2.75, 3.05) is 0 Å². The number of hydrogen-bond donors (Lipinski definition) is 2. The molecule has 0 aliphatic heterocycles. The van der Waals surface area contributed by atoms with Gasteiger partial charge in [-0.1, -0.05) is 18.2 Å². The number of aromatic amines is 1. The minimum Gasteiger partial charge on any atom is -1.00 e. The van der Waals surface area contributed by atoms with Crippen LogP contribution >= 0.6 is 0 Å². The Bertz CT molecular complexity index is 483. The molecular weight excluding hydrogens is 161 g/mol. The van der Waals surface area contributed by atoms with Gasteiger partial charge in [0, 0.05) is 10.9 Å². The van der Waals surface area contributed by atoms with Gasteiger partial charge < -0.3 is 11.5 Å². The molecule has 0 bridgehead atoms. The number of H-pyrrole nitrogens is 1. The van der Waals surface area contributed by atoms with Crippen molar-refractivity contribution in [3.8, 4) is 5.75 Å². The molecule has 1 heterocycles. The summed E-state index contributed by atoms with van der Waals surface area (Å²) in [5.41, 5.74) is 0.286. The first-order valence-electron chi connectivity index (χ1n) is 3.58. The second-order valence-corrected chi connectivity index (χ2v) is 2.57. The summed E-state index contributed by atoms with van der Waals surface area (Å²) in [6, 6.07) is 8.74. The molecule has 0 spiro atoms. The van der Waals surface area contributed by atoms with E-state index >= 15 is 0 Å². The molecule has 0 amide bonds. The SMILES string of the molecule is O=c1[nH]c2ccccc2cc1O.[H-].[Li+]. The van der Waals surface area contributed by atoms with Crippen LogP contribution in [0.5, 0.6) is 5.75 Å². The van der Waals surface area contributed by atoms with Crippen LogP contribution in [0.1, 0.15) is 1.43 Å². The van der Waals surface area contributed by atoms with Crippen molar-refractivity contribution < 1.29 is 25.4 Å². The van der Waals surface area contributed by atoms with E-state index in [1.54, 1.807) is 6.07 Å². The maximum atomic E-state index is 10.9. The van der Waals surface area contributed by atoms with E-state index in [2.05, 4.69) is 4.98 Å². The molecule has 2 N–H and O–H groups in total. The first kappa shape index (κ1) is 9.91. The number of aromatic nitrogens is 1. The molecule has 2 rings (SSSR count). The number of rotatable bonds is 0. The van der Waals surface area contributed by atoms with Crippen LogP contribution in [-0.2, 0) is 0 Å². The average Bonchev–Trinajstić information content (AvgIpc) is 2.07. The summed E-state index contributed by atoms with van der Waals surface area (Å²) in [4.78, 5) is 13.5. The molecule has 0 aliphatic rings. The van der Waals surface area contributed by atoms with Gasteiger partial charge in [-0.2, -0.15) is 0 Å². The largest absolute Gasteiger partial charge is 1.00 e. The Morgan fingerprint density at radius 1 is 1.31 bits per heavy atom. The van der Waals surface area contributed by atoms with Crippen molar-refractivity contribution in [1.82, 2.24) is 4.98 Å². The predicted octanol–water partition coefficient (Wildman–Crippen LogP) is -1.65. The molecule has 1 aromatic heterocycles. The Morgan fingerprint density at radius 2 is 2.00 bits per heavy atom. The van der Waals surface area contributed by atoms with Crippen LogP contribution in [0.4, 0.5) is 0 Å². The van der Waals surface area contributed by atoms with Crippen LogP contribution < -0.4 is 24.4 Å². The van der Waals surface area contributed by atoms with Gasteiger partial charge in [0.05, 0.1) is 0 Å². The fourth-order valence-corrected chi connectivity index (χ4v) is 1.14. The van der Waals surface area contributed by atoms with E-state index in [-0.39, 0.29) is 26.0 Å². The second-order valence-electron chi connectivity index (χ2n) is 2.57. The zero-order chi connectivity index (χ0) is 8.55. The zero-order valence-electron chi connectivity index (χ0n) is 8.24. The summed E-state index contributed by atoms with van der Waals surface area (Å²) in [5, 5.41) is 9.90. The van der Waals surface area contributed by atoms with E-state index in [1.165, 1.54) is 6.07 Å². The van der Waals surface area contributed by atoms with Gasteiger partial charge in [-0.15, -0.1) is 0 Å². The van der Waals surface area contributed by atoms with E-state index in [0.717, 1.165) is 10.9 Å². The van der Waals surface area contributed by atoms with Gasteiger partial charge in [0.15, 0.2) is 5.75 Å². The predicted molar refractivity (Wildman–Crippen MR) is 47.3 cm³/mol. The first-order valence-corrected chi connectivity index (χ1v) is 3.58. The molecule has 0 atom stereocenters. The zero-order valence-corrected chi connectivity index (χ0v) is 7.24. The molecular formula is C9H8LiNO2. The third-order valence-electron chi connectivity index (χ3n) is 1.73. The topological polar surface area (TPSA) is 53.1 Å². The molecule has 1 aromatic carbocycles. The van der Waals surface area contributed by atoms with Gasteiger partial charge >= 0.3 is 18.9 Å². The monoisotopic (exact) mass is 169 g/mol. The van der Waals surface area contributed by atoms with Crippen LogP contribution in [0.15, 0.2) is 35.1 Å². The van der Waals surface area contributed by atoms with Crippen LogP contribution in [0, 0.1) is 0 Å². The van der Waals surface area contributed by atoms with Crippen LogP contribution in [-0.4, -0.2) is 10.1 Å². The third kappa shape index (κ3) is 1.77. The fourth-order valence-electron chi connectivity index (χ4n) is 1.14. The molecule has 3 nitrogen and oxygen atoms in total. The molecule has 2 aromatic rings. The average molecular weight is 169 g/mol. The van der Waals surface area contributed by atoms with Crippen molar-refractivity contribution in [2.24, 2.45) is 0 Å². The van der Waals surface area contributed by atoms with Gasteiger partial charge in [0.25, 0.3) is 5.56 Å². The van der Waals surface area contributed by atoms with Gasteiger partial charge in [0.1, 0.15) is 0 Å². The standard InChI is InChI=1S/C9H7NO2.Li.H/c11-8-5-6-3-1-2-4-7(6)10-9(8)12;;/h1-5,11H,(H,10,12);;/q;+1;-1. The fraction of sp³-hybridized carbons (Fsp3) is 0. The number of benzene rings is 1. The van der Waals surface area contributed by atoms with Gasteiger partial charge in [0.2, 0.25) is 0 Å². The van der Waals surface area contributed by atoms with E-state index in [9.17, 15) is 4.79 Å². The quantitative estimate of drug-likeness (QED) is 0.464. The molecule has 0 saturated heterocycles. The summed E-state index contributed by atoms with van der Waals surface area (Å²) in [6.45, 7) is 0. The number of pyridine rings is 1. The normalized spacial score (nSPS) is 9.54. The van der Waals surface area contributed by atoms with Crippen molar-refractivity contribution in [3.05, 3.63) is 40.7 Å². The first-order chi connectivity index (χ1) is 5.77. The number of hydrogen-bond acceptors (Lipinski definition) is 2. The molecule has 0 unspecified atom stereocenters. The third-order valence-corrected chi connectivity index (χ3v) is 1.73. The smallest absolute Gasteiger partial charge is 1.00 e. The van der Waals surface area contributed by atoms with Crippen molar-refractivity contribution in [1.29, 1.82) is 0 Å².